The minimum atomic E-state index is -0.759. The van der Waals surface area contributed by atoms with Gasteiger partial charge in [0.15, 0.2) is 6.10 Å². The first-order chi connectivity index (χ1) is 27.3. The normalized spacial score (nSPS) is 12.5. The van der Waals surface area contributed by atoms with E-state index in [2.05, 4.69) is 34.6 Å². The molecule has 0 rings (SSSR count). The van der Waals surface area contributed by atoms with Crippen molar-refractivity contribution >= 4 is 17.9 Å². The quantitative estimate of drug-likeness (QED) is 0.0347. The molecule has 0 aromatic carbocycles. The van der Waals surface area contributed by atoms with Crippen molar-refractivity contribution in [3.8, 4) is 0 Å². The van der Waals surface area contributed by atoms with Gasteiger partial charge in [-0.05, 0) is 31.1 Å². The lowest BCUT2D eigenvalue weighted by atomic mass is 9.99. The van der Waals surface area contributed by atoms with Crippen molar-refractivity contribution in [2.24, 2.45) is 11.8 Å². The van der Waals surface area contributed by atoms with Crippen LogP contribution >= 0.6 is 0 Å². The van der Waals surface area contributed by atoms with Crippen molar-refractivity contribution in [1.29, 1.82) is 0 Å². The van der Waals surface area contributed by atoms with Crippen LogP contribution in [0.15, 0.2) is 0 Å². The standard InChI is InChI=1S/C50H96O6/c1-6-8-9-28-35-40-48(51)54-43-47(44-55-49(52)41-36-31-26-22-18-15-14-16-20-24-29-33-38-45(3)4)56-50(53)42-37-32-27-23-19-13-11-10-12-17-21-25-30-34-39-46(5)7-2/h45-47H,6-44H2,1-5H3/t46?,47-/m0/s1. The van der Waals surface area contributed by atoms with Crippen LogP contribution in [-0.2, 0) is 28.6 Å². The Labute approximate surface area is 348 Å². The van der Waals surface area contributed by atoms with Crippen LogP contribution in [0.2, 0.25) is 0 Å². The highest BCUT2D eigenvalue weighted by Gasteiger charge is 2.19. The lowest BCUT2D eigenvalue weighted by Crippen LogP contribution is -2.30. The Kier molecular flexibility index (Phi) is 41.8. The van der Waals surface area contributed by atoms with Crippen molar-refractivity contribution in [2.45, 2.75) is 278 Å². The Balaban J connectivity index is 4.14. The van der Waals surface area contributed by atoms with Crippen molar-refractivity contribution in [1.82, 2.24) is 0 Å². The minimum absolute atomic E-state index is 0.0650. The molecular formula is C50H96O6. The molecule has 0 bridgehead atoms. The second-order valence-corrected chi connectivity index (χ2v) is 17.8. The summed E-state index contributed by atoms with van der Waals surface area (Å²) in [7, 11) is 0. The number of rotatable bonds is 44. The molecule has 0 saturated carbocycles. The number of carbonyl (C=O) groups excluding carboxylic acids is 3. The van der Waals surface area contributed by atoms with Crippen molar-refractivity contribution in [3.05, 3.63) is 0 Å². The average Bonchev–Trinajstić information content (AvgIpc) is 3.18. The fourth-order valence-electron chi connectivity index (χ4n) is 7.43. The van der Waals surface area contributed by atoms with Crippen LogP contribution in [0.25, 0.3) is 0 Å². The van der Waals surface area contributed by atoms with Gasteiger partial charge in [0, 0.05) is 19.3 Å². The fourth-order valence-corrected chi connectivity index (χ4v) is 7.43. The number of hydrogen-bond acceptors (Lipinski definition) is 6. The summed E-state index contributed by atoms with van der Waals surface area (Å²) in [5.74, 6) is 0.863. The van der Waals surface area contributed by atoms with E-state index in [1.807, 2.05) is 0 Å². The molecule has 0 aliphatic heterocycles. The summed E-state index contributed by atoms with van der Waals surface area (Å²) in [4.78, 5) is 37.6. The van der Waals surface area contributed by atoms with E-state index in [0.717, 1.165) is 76.0 Å². The average molecular weight is 793 g/mol. The van der Waals surface area contributed by atoms with Gasteiger partial charge in [0.25, 0.3) is 0 Å². The van der Waals surface area contributed by atoms with E-state index < -0.39 is 6.10 Å². The molecule has 6 heteroatoms. The number of esters is 3. The topological polar surface area (TPSA) is 78.9 Å². The van der Waals surface area contributed by atoms with Crippen LogP contribution in [-0.4, -0.2) is 37.2 Å². The maximum Gasteiger partial charge on any atom is 0.306 e. The van der Waals surface area contributed by atoms with Gasteiger partial charge in [-0.25, -0.2) is 0 Å². The Morgan fingerprint density at radius 3 is 1.02 bits per heavy atom. The highest BCUT2D eigenvalue weighted by atomic mass is 16.6. The summed E-state index contributed by atoms with van der Waals surface area (Å²) in [5.41, 5.74) is 0. The molecule has 0 aliphatic carbocycles. The van der Waals surface area contributed by atoms with Gasteiger partial charge in [-0.3, -0.25) is 14.4 Å². The van der Waals surface area contributed by atoms with Gasteiger partial charge in [0.2, 0.25) is 0 Å². The van der Waals surface area contributed by atoms with E-state index >= 15 is 0 Å². The maximum atomic E-state index is 12.7. The van der Waals surface area contributed by atoms with Crippen molar-refractivity contribution in [3.63, 3.8) is 0 Å². The third kappa shape index (κ3) is 42.0. The number of hydrogen-bond donors (Lipinski definition) is 0. The van der Waals surface area contributed by atoms with E-state index in [0.29, 0.717) is 19.3 Å². The maximum absolute atomic E-state index is 12.7. The van der Waals surface area contributed by atoms with Gasteiger partial charge < -0.3 is 14.2 Å². The van der Waals surface area contributed by atoms with Gasteiger partial charge in [-0.15, -0.1) is 0 Å². The second-order valence-electron chi connectivity index (χ2n) is 17.8. The summed E-state index contributed by atoms with van der Waals surface area (Å²) in [6.07, 6.45) is 42.6. The van der Waals surface area contributed by atoms with E-state index in [-0.39, 0.29) is 31.1 Å². The van der Waals surface area contributed by atoms with Gasteiger partial charge >= 0.3 is 17.9 Å². The molecular weight excluding hydrogens is 697 g/mol. The molecule has 332 valence electrons. The van der Waals surface area contributed by atoms with E-state index in [1.54, 1.807) is 0 Å². The largest absolute Gasteiger partial charge is 0.462 e. The molecule has 0 amide bonds. The lowest BCUT2D eigenvalue weighted by molar-refractivity contribution is -0.167. The highest BCUT2D eigenvalue weighted by molar-refractivity contribution is 5.71. The first-order valence-corrected chi connectivity index (χ1v) is 24.8. The van der Waals surface area contributed by atoms with Crippen molar-refractivity contribution < 1.29 is 28.6 Å². The van der Waals surface area contributed by atoms with Crippen LogP contribution in [0, 0.1) is 11.8 Å². The number of ether oxygens (including phenoxy) is 3. The monoisotopic (exact) mass is 793 g/mol. The van der Waals surface area contributed by atoms with Crippen LogP contribution < -0.4 is 0 Å². The van der Waals surface area contributed by atoms with Gasteiger partial charge in [0.1, 0.15) is 13.2 Å². The first kappa shape index (κ1) is 54.4. The minimum Gasteiger partial charge on any atom is -0.462 e. The zero-order chi connectivity index (χ0) is 41.2. The van der Waals surface area contributed by atoms with Crippen LogP contribution in [0.3, 0.4) is 0 Å². The van der Waals surface area contributed by atoms with Crippen LogP contribution in [0.5, 0.6) is 0 Å². The molecule has 0 aromatic heterocycles. The summed E-state index contributed by atoms with van der Waals surface area (Å²) in [6.45, 7) is 11.3. The Morgan fingerprint density at radius 2 is 0.679 bits per heavy atom. The molecule has 56 heavy (non-hydrogen) atoms. The Bertz CT molecular complexity index is 856. The molecule has 0 fully saturated rings. The molecule has 1 unspecified atom stereocenters. The molecule has 0 radical (unpaired) electrons. The smallest absolute Gasteiger partial charge is 0.306 e. The molecule has 2 atom stereocenters. The van der Waals surface area contributed by atoms with E-state index in [4.69, 9.17) is 14.2 Å². The highest BCUT2D eigenvalue weighted by Crippen LogP contribution is 2.18. The number of carbonyl (C=O) groups is 3. The summed E-state index contributed by atoms with van der Waals surface area (Å²) in [6, 6.07) is 0. The Morgan fingerprint density at radius 1 is 0.375 bits per heavy atom. The summed E-state index contributed by atoms with van der Waals surface area (Å²) >= 11 is 0. The first-order valence-electron chi connectivity index (χ1n) is 24.8. The molecule has 0 aromatic rings. The molecule has 0 N–H and O–H groups in total. The zero-order valence-electron chi connectivity index (χ0n) is 38.3. The third-order valence-corrected chi connectivity index (χ3v) is 11.6. The predicted molar refractivity (Wildman–Crippen MR) is 238 cm³/mol. The number of unbranched alkanes of at least 4 members (excludes halogenated alkanes) is 28. The van der Waals surface area contributed by atoms with Crippen LogP contribution in [0.4, 0.5) is 0 Å². The molecule has 6 nitrogen and oxygen atoms in total. The fraction of sp³-hybridized carbons (Fsp3) is 0.940. The van der Waals surface area contributed by atoms with E-state index in [9.17, 15) is 14.4 Å². The molecule has 0 spiro atoms. The molecule has 0 aliphatic rings. The van der Waals surface area contributed by atoms with Crippen LogP contribution in [0.1, 0.15) is 272 Å². The zero-order valence-corrected chi connectivity index (χ0v) is 38.3. The van der Waals surface area contributed by atoms with Crippen molar-refractivity contribution in [2.75, 3.05) is 13.2 Å². The third-order valence-electron chi connectivity index (χ3n) is 11.6. The van der Waals surface area contributed by atoms with E-state index in [1.165, 1.54) is 154 Å². The predicted octanol–water partition coefficient (Wildman–Crippen LogP) is 15.8. The SMILES string of the molecule is CCCCCCCC(=O)OC[C@@H](COC(=O)CCCCCCCCCCCCCCC(C)C)OC(=O)CCCCCCCCCCCCCCCCC(C)CC. The molecule has 0 heterocycles. The summed E-state index contributed by atoms with van der Waals surface area (Å²) in [5, 5.41) is 0. The van der Waals surface area contributed by atoms with Gasteiger partial charge in [0.05, 0.1) is 0 Å². The second kappa shape index (κ2) is 43.0. The lowest BCUT2D eigenvalue weighted by Gasteiger charge is -2.18. The molecule has 0 saturated heterocycles. The Hall–Kier alpha value is -1.59. The summed E-state index contributed by atoms with van der Waals surface area (Å²) < 4.78 is 16.7. The van der Waals surface area contributed by atoms with Gasteiger partial charge in [-0.1, -0.05) is 234 Å². The van der Waals surface area contributed by atoms with Gasteiger partial charge in [-0.2, -0.15) is 0 Å².